The Hall–Kier alpha value is -2.28. The van der Waals surface area contributed by atoms with Crippen LogP contribution in [0.15, 0.2) is 47.2 Å². The number of hydrogen-bond donors (Lipinski definition) is 1. The Balaban J connectivity index is 1.61. The van der Waals surface area contributed by atoms with E-state index in [2.05, 4.69) is 36.4 Å². The van der Waals surface area contributed by atoms with Crippen molar-refractivity contribution in [2.75, 3.05) is 6.54 Å². The molecule has 0 saturated heterocycles. The molecular formula is C14H12BrN5O. The molecule has 0 fully saturated rings. The molecule has 0 aliphatic carbocycles. The molecule has 0 atom stereocenters. The Labute approximate surface area is 129 Å². The van der Waals surface area contributed by atoms with Crippen LogP contribution in [0.1, 0.15) is 16.3 Å². The third kappa shape index (κ3) is 3.08. The summed E-state index contributed by atoms with van der Waals surface area (Å²) in [7, 11) is 0. The number of carbonyl (C=O) groups is 1. The van der Waals surface area contributed by atoms with Crippen LogP contribution >= 0.6 is 15.9 Å². The number of hydrogen-bond acceptors (Lipinski definition) is 4. The molecule has 0 unspecified atom stereocenters. The van der Waals surface area contributed by atoms with Crippen LogP contribution in [0.3, 0.4) is 0 Å². The molecular weight excluding hydrogens is 334 g/mol. The number of fused-ring (bicyclic) bond motifs is 1. The quantitative estimate of drug-likeness (QED) is 0.783. The van der Waals surface area contributed by atoms with E-state index in [-0.39, 0.29) is 5.91 Å². The molecule has 0 radical (unpaired) electrons. The minimum atomic E-state index is -0.198. The first-order valence-electron chi connectivity index (χ1n) is 6.42. The lowest BCUT2D eigenvalue weighted by Gasteiger charge is -2.04. The first-order chi connectivity index (χ1) is 10.2. The molecule has 3 heterocycles. The van der Waals surface area contributed by atoms with Crippen LogP contribution in [0.4, 0.5) is 0 Å². The number of aromatic nitrogens is 4. The fourth-order valence-electron chi connectivity index (χ4n) is 1.95. The van der Waals surface area contributed by atoms with Crippen LogP contribution in [0.25, 0.3) is 5.65 Å². The molecule has 0 aliphatic heterocycles. The van der Waals surface area contributed by atoms with Gasteiger partial charge in [0.05, 0.1) is 0 Å². The average molecular weight is 346 g/mol. The molecule has 0 saturated carbocycles. The lowest BCUT2D eigenvalue weighted by Crippen LogP contribution is -2.26. The van der Waals surface area contributed by atoms with Gasteiger partial charge < -0.3 is 5.32 Å². The molecule has 0 aromatic carbocycles. The van der Waals surface area contributed by atoms with Crippen LogP contribution in [0.2, 0.25) is 0 Å². The van der Waals surface area contributed by atoms with E-state index in [4.69, 9.17) is 0 Å². The van der Waals surface area contributed by atoms with Gasteiger partial charge in [0.15, 0.2) is 5.65 Å². The Morgan fingerprint density at radius 1 is 1.24 bits per heavy atom. The maximum Gasteiger partial charge on any atom is 0.269 e. The Kier molecular flexibility index (Phi) is 3.92. The highest BCUT2D eigenvalue weighted by Gasteiger charge is 2.08. The fourth-order valence-corrected chi connectivity index (χ4v) is 2.18. The first-order valence-corrected chi connectivity index (χ1v) is 7.22. The molecule has 6 nitrogen and oxygen atoms in total. The number of pyridine rings is 2. The lowest BCUT2D eigenvalue weighted by molar-refractivity contribution is 0.0949. The zero-order valence-electron chi connectivity index (χ0n) is 11.0. The summed E-state index contributed by atoms with van der Waals surface area (Å²) in [6.45, 7) is 0.478. The SMILES string of the molecule is O=C(NCCc1nnc2ccccn12)c1ccc(Br)cn1. The summed E-state index contributed by atoms with van der Waals surface area (Å²) < 4.78 is 2.75. The molecule has 1 amide bonds. The molecule has 7 heteroatoms. The fraction of sp³-hybridized carbons (Fsp3) is 0.143. The van der Waals surface area contributed by atoms with E-state index in [1.165, 1.54) is 0 Å². The van der Waals surface area contributed by atoms with E-state index in [1.54, 1.807) is 18.3 Å². The Bertz CT molecular complexity index is 768. The van der Waals surface area contributed by atoms with Gasteiger partial charge >= 0.3 is 0 Å². The molecule has 0 bridgehead atoms. The van der Waals surface area contributed by atoms with Gasteiger partial charge in [-0.2, -0.15) is 0 Å². The monoisotopic (exact) mass is 345 g/mol. The topological polar surface area (TPSA) is 72.2 Å². The maximum absolute atomic E-state index is 11.9. The summed E-state index contributed by atoms with van der Waals surface area (Å²) in [5.41, 5.74) is 1.19. The van der Waals surface area contributed by atoms with Crippen LogP contribution in [-0.4, -0.2) is 32.0 Å². The van der Waals surface area contributed by atoms with Gasteiger partial charge in [0.25, 0.3) is 5.91 Å². The third-order valence-corrected chi connectivity index (χ3v) is 3.45. The van der Waals surface area contributed by atoms with Gasteiger partial charge in [0.2, 0.25) is 0 Å². The van der Waals surface area contributed by atoms with Crippen molar-refractivity contribution in [1.29, 1.82) is 0 Å². The van der Waals surface area contributed by atoms with E-state index < -0.39 is 0 Å². The zero-order valence-corrected chi connectivity index (χ0v) is 12.6. The van der Waals surface area contributed by atoms with E-state index in [0.29, 0.717) is 18.7 Å². The molecule has 21 heavy (non-hydrogen) atoms. The lowest BCUT2D eigenvalue weighted by atomic mass is 10.3. The molecule has 1 N–H and O–H groups in total. The number of nitrogens with zero attached hydrogens (tertiary/aromatic N) is 4. The maximum atomic E-state index is 11.9. The normalized spacial score (nSPS) is 10.7. The molecule has 0 aliphatic rings. The predicted molar refractivity (Wildman–Crippen MR) is 81.0 cm³/mol. The van der Waals surface area contributed by atoms with Gasteiger partial charge in [-0.25, -0.2) is 4.98 Å². The minimum absolute atomic E-state index is 0.198. The average Bonchev–Trinajstić information content (AvgIpc) is 2.91. The minimum Gasteiger partial charge on any atom is -0.350 e. The van der Waals surface area contributed by atoms with Crippen molar-refractivity contribution in [2.24, 2.45) is 0 Å². The molecule has 0 spiro atoms. The summed E-state index contributed by atoms with van der Waals surface area (Å²) in [6.07, 6.45) is 4.11. The summed E-state index contributed by atoms with van der Waals surface area (Å²) in [4.78, 5) is 16.0. The highest BCUT2D eigenvalue weighted by molar-refractivity contribution is 9.10. The molecule has 3 aromatic heterocycles. The van der Waals surface area contributed by atoms with Gasteiger partial charge in [-0.1, -0.05) is 6.07 Å². The number of amides is 1. The van der Waals surface area contributed by atoms with Crippen molar-refractivity contribution in [3.8, 4) is 0 Å². The van der Waals surface area contributed by atoms with Gasteiger partial charge in [-0.3, -0.25) is 9.20 Å². The van der Waals surface area contributed by atoms with E-state index in [9.17, 15) is 4.79 Å². The van der Waals surface area contributed by atoms with Gasteiger partial charge in [0, 0.05) is 29.8 Å². The van der Waals surface area contributed by atoms with Gasteiger partial charge in [0.1, 0.15) is 11.5 Å². The van der Waals surface area contributed by atoms with Gasteiger partial charge in [-0.05, 0) is 40.2 Å². The summed E-state index contributed by atoms with van der Waals surface area (Å²) >= 11 is 3.28. The highest BCUT2D eigenvalue weighted by atomic mass is 79.9. The van der Waals surface area contributed by atoms with Crippen molar-refractivity contribution in [3.63, 3.8) is 0 Å². The number of nitrogens with one attached hydrogen (secondary N) is 1. The first kappa shape index (κ1) is 13.7. The number of carbonyl (C=O) groups excluding carboxylic acids is 1. The smallest absolute Gasteiger partial charge is 0.269 e. The summed E-state index contributed by atoms with van der Waals surface area (Å²) in [5, 5.41) is 11.0. The second-order valence-corrected chi connectivity index (χ2v) is 5.33. The Morgan fingerprint density at radius 3 is 2.95 bits per heavy atom. The van der Waals surface area contributed by atoms with Crippen LogP contribution in [-0.2, 0) is 6.42 Å². The van der Waals surface area contributed by atoms with Gasteiger partial charge in [-0.15, -0.1) is 10.2 Å². The molecule has 3 aromatic rings. The van der Waals surface area contributed by atoms with E-state index >= 15 is 0 Å². The summed E-state index contributed by atoms with van der Waals surface area (Å²) in [5.74, 6) is 0.617. The second-order valence-electron chi connectivity index (χ2n) is 4.41. The molecule has 106 valence electrons. The number of rotatable bonds is 4. The summed E-state index contributed by atoms with van der Waals surface area (Å²) in [6, 6.07) is 9.18. The van der Waals surface area contributed by atoms with Crippen LogP contribution < -0.4 is 5.32 Å². The third-order valence-electron chi connectivity index (χ3n) is 2.98. The van der Waals surface area contributed by atoms with Crippen molar-refractivity contribution in [1.82, 2.24) is 24.9 Å². The Morgan fingerprint density at radius 2 is 2.14 bits per heavy atom. The van der Waals surface area contributed by atoms with Crippen molar-refractivity contribution in [3.05, 3.63) is 58.7 Å². The van der Waals surface area contributed by atoms with Crippen LogP contribution in [0, 0.1) is 0 Å². The van der Waals surface area contributed by atoms with Crippen molar-refractivity contribution in [2.45, 2.75) is 6.42 Å². The standard InChI is InChI=1S/C14H12BrN5O/c15-10-4-5-11(17-9-10)14(21)16-7-6-13-19-18-12-3-1-2-8-20(12)13/h1-5,8-9H,6-7H2,(H,16,21). The van der Waals surface area contributed by atoms with Crippen molar-refractivity contribution >= 4 is 27.5 Å². The predicted octanol–water partition coefficient (Wildman–Crippen LogP) is 1.86. The molecule has 3 rings (SSSR count). The second kappa shape index (κ2) is 6.01. The van der Waals surface area contributed by atoms with E-state index in [1.807, 2.05) is 28.8 Å². The highest BCUT2D eigenvalue weighted by Crippen LogP contribution is 2.07. The zero-order chi connectivity index (χ0) is 14.7. The number of halogens is 1. The van der Waals surface area contributed by atoms with E-state index in [0.717, 1.165) is 15.9 Å². The van der Waals surface area contributed by atoms with Crippen LogP contribution in [0.5, 0.6) is 0 Å². The van der Waals surface area contributed by atoms with Crippen molar-refractivity contribution < 1.29 is 4.79 Å². The largest absolute Gasteiger partial charge is 0.350 e.